The van der Waals surface area contributed by atoms with Crippen molar-refractivity contribution in [1.29, 1.82) is 0 Å². The topological polar surface area (TPSA) is 75.9 Å². The lowest BCUT2D eigenvalue weighted by molar-refractivity contribution is -0.117. The van der Waals surface area contributed by atoms with Crippen LogP contribution in [0.5, 0.6) is 0 Å². The number of anilines is 2. The Morgan fingerprint density at radius 3 is 2.64 bits per heavy atom. The second-order valence-electron chi connectivity index (χ2n) is 8.18. The van der Waals surface area contributed by atoms with Crippen molar-refractivity contribution in [3.8, 4) is 0 Å². The van der Waals surface area contributed by atoms with Gasteiger partial charge in [-0.2, -0.15) is 5.10 Å². The molecule has 1 N–H and O–H groups in total. The number of hydrogen-bond acceptors (Lipinski definition) is 5. The van der Waals surface area contributed by atoms with E-state index in [2.05, 4.69) is 20.3 Å². The molecule has 0 radical (unpaired) electrons. The van der Waals surface area contributed by atoms with Crippen molar-refractivity contribution in [3.05, 3.63) is 64.6 Å². The molecule has 1 aromatic carbocycles. The van der Waals surface area contributed by atoms with Crippen molar-refractivity contribution in [2.75, 3.05) is 16.8 Å². The van der Waals surface area contributed by atoms with E-state index in [1.165, 1.54) is 0 Å². The van der Waals surface area contributed by atoms with E-state index in [9.17, 15) is 18.0 Å². The Hall–Kier alpha value is -3.43. The zero-order valence-electron chi connectivity index (χ0n) is 17.4. The number of hydrogen-bond donors (Lipinski definition) is 1. The number of aromatic nitrogens is 4. The summed E-state index contributed by atoms with van der Waals surface area (Å²) in [6.07, 6.45) is 6.44. The second kappa shape index (κ2) is 8.84. The Labute approximate surface area is 189 Å². The van der Waals surface area contributed by atoms with Gasteiger partial charge in [0.15, 0.2) is 23.3 Å². The maximum absolute atomic E-state index is 13.4. The highest BCUT2D eigenvalue weighted by Gasteiger charge is 2.38. The Kier molecular flexibility index (Phi) is 6.09. The molecule has 4 heterocycles. The summed E-state index contributed by atoms with van der Waals surface area (Å²) in [5, 5.41) is 7.17. The molecule has 3 aromatic rings. The minimum atomic E-state index is -1.48. The molecule has 5 rings (SSSR count). The first-order valence-electron chi connectivity index (χ1n) is 10.5. The van der Waals surface area contributed by atoms with Crippen LogP contribution in [0.3, 0.4) is 0 Å². The first-order valence-corrected chi connectivity index (χ1v) is 10.5. The molecule has 2 aliphatic rings. The number of benzene rings is 1. The zero-order chi connectivity index (χ0) is 22.4. The molecule has 7 nitrogen and oxygen atoms in total. The van der Waals surface area contributed by atoms with Crippen LogP contribution in [-0.4, -0.2) is 38.2 Å². The molecule has 2 aromatic heterocycles. The van der Waals surface area contributed by atoms with Crippen LogP contribution < -0.4 is 10.2 Å². The van der Waals surface area contributed by atoms with E-state index in [0.717, 1.165) is 48.6 Å². The molecule has 1 atom stereocenters. The van der Waals surface area contributed by atoms with E-state index in [4.69, 9.17) is 4.98 Å². The lowest BCUT2D eigenvalue weighted by Gasteiger charge is -2.32. The van der Waals surface area contributed by atoms with Crippen LogP contribution in [0.4, 0.5) is 24.7 Å². The summed E-state index contributed by atoms with van der Waals surface area (Å²) in [6.45, 7) is 2.79. The van der Waals surface area contributed by atoms with E-state index in [1.807, 2.05) is 6.92 Å². The van der Waals surface area contributed by atoms with Gasteiger partial charge in [-0.15, -0.1) is 0 Å². The van der Waals surface area contributed by atoms with Gasteiger partial charge in [0, 0.05) is 19.2 Å². The maximum Gasteiger partial charge on any atom is 0.247 e. The van der Waals surface area contributed by atoms with E-state index in [-0.39, 0.29) is 31.5 Å². The summed E-state index contributed by atoms with van der Waals surface area (Å²) in [5.74, 6) is -2.45. The molecule has 0 bridgehead atoms. The standard InChI is InChI=1S/C22H21F3N6O.CH4/c1-12-20-21(31-6-2-3-17(31)22(32)29-20)28-18(27-12)5-4-13-9-26-30(10-13)11-14-7-15(23)19(25)16(24)8-14;/h7-10,17H,2-6,11H2,1H3,(H,29,32);1H4/t17-;/m1./s1. The number of rotatable bonds is 5. The smallest absolute Gasteiger partial charge is 0.247 e. The minimum absolute atomic E-state index is 0. The molecule has 1 saturated heterocycles. The lowest BCUT2D eigenvalue weighted by atomic mass is 10.1. The first-order chi connectivity index (χ1) is 15.4. The Bertz CT molecular complexity index is 1190. The van der Waals surface area contributed by atoms with E-state index in [0.29, 0.717) is 24.4 Å². The fraction of sp³-hybridized carbons (Fsp3) is 0.391. The molecule has 0 unspecified atom stereocenters. The van der Waals surface area contributed by atoms with Gasteiger partial charge in [-0.3, -0.25) is 9.48 Å². The molecule has 174 valence electrons. The average molecular weight is 458 g/mol. The largest absolute Gasteiger partial charge is 0.343 e. The minimum Gasteiger partial charge on any atom is -0.343 e. The highest BCUT2D eigenvalue weighted by atomic mass is 19.2. The number of carbonyl (C=O) groups is 1. The van der Waals surface area contributed by atoms with Gasteiger partial charge < -0.3 is 10.2 Å². The van der Waals surface area contributed by atoms with Crippen LogP contribution in [0.25, 0.3) is 0 Å². The van der Waals surface area contributed by atoms with Gasteiger partial charge in [-0.1, -0.05) is 7.43 Å². The van der Waals surface area contributed by atoms with E-state index in [1.54, 1.807) is 17.1 Å². The lowest BCUT2D eigenvalue weighted by Crippen LogP contribution is -2.45. The third kappa shape index (κ3) is 4.29. The fourth-order valence-electron chi connectivity index (χ4n) is 4.34. The van der Waals surface area contributed by atoms with Crippen LogP contribution in [-0.2, 0) is 24.2 Å². The molecule has 0 spiro atoms. The predicted molar refractivity (Wildman–Crippen MR) is 118 cm³/mol. The number of halogens is 3. The van der Waals surface area contributed by atoms with Crippen LogP contribution in [0.1, 0.15) is 42.9 Å². The quantitative estimate of drug-likeness (QED) is 0.589. The van der Waals surface area contributed by atoms with E-state index >= 15 is 0 Å². The third-order valence-corrected chi connectivity index (χ3v) is 5.91. The number of fused-ring (bicyclic) bond motifs is 3. The summed E-state index contributed by atoms with van der Waals surface area (Å²) in [4.78, 5) is 23.6. The van der Waals surface area contributed by atoms with Crippen LogP contribution >= 0.6 is 0 Å². The SMILES string of the molecule is C.Cc1nc(CCc2cnn(Cc3cc(F)c(F)c(F)c3)c2)nc2c1NC(=O)[C@H]1CCCN21. The molecule has 1 fully saturated rings. The molecule has 33 heavy (non-hydrogen) atoms. The van der Waals surface area contributed by atoms with E-state index < -0.39 is 17.5 Å². The van der Waals surface area contributed by atoms with Gasteiger partial charge in [0.05, 0.1) is 18.4 Å². The van der Waals surface area contributed by atoms with Gasteiger partial charge in [-0.05, 0) is 49.4 Å². The molecule has 0 aliphatic carbocycles. The summed E-state index contributed by atoms with van der Waals surface area (Å²) in [6, 6.07) is 1.77. The highest BCUT2D eigenvalue weighted by molar-refractivity contribution is 6.03. The monoisotopic (exact) mass is 458 g/mol. The third-order valence-electron chi connectivity index (χ3n) is 5.91. The molecular weight excluding hydrogens is 433 g/mol. The Balaban J connectivity index is 0.00000259. The number of amides is 1. The van der Waals surface area contributed by atoms with Gasteiger partial charge in [0.2, 0.25) is 5.91 Å². The number of nitrogens with zero attached hydrogens (tertiary/aromatic N) is 5. The molecular formula is C23H25F3N6O. The summed E-state index contributed by atoms with van der Waals surface area (Å²) >= 11 is 0. The zero-order valence-corrected chi connectivity index (χ0v) is 17.4. The summed E-state index contributed by atoms with van der Waals surface area (Å²) in [5.41, 5.74) is 2.62. The average Bonchev–Trinajstić information content (AvgIpc) is 3.42. The summed E-state index contributed by atoms with van der Waals surface area (Å²) < 4.78 is 41.5. The highest BCUT2D eigenvalue weighted by Crippen LogP contribution is 2.36. The fourth-order valence-corrected chi connectivity index (χ4v) is 4.34. The molecule has 1 amide bonds. The van der Waals surface area contributed by atoms with Gasteiger partial charge in [-0.25, -0.2) is 23.1 Å². The van der Waals surface area contributed by atoms with Gasteiger partial charge in [0.1, 0.15) is 17.6 Å². The predicted octanol–water partition coefficient (Wildman–Crippen LogP) is 3.79. The van der Waals surface area contributed by atoms with Crippen LogP contribution in [0, 0.1) is 24.4 Å². The molecule has 0 saturated carbocycles. The van der Waals surface area contributed by atoms with Crippen LogP contribution in [0.15, 0.2) is 24.5 Å². The van der Waals surface area contributed by atoms with Crippen molar-refractivity contribution < 1.29 is 18.0 Å². The van der Waals surface area contributed by atoms with Crippen molar-refractivity contribution in [2.24, 2.45) is 0 Å². The van der Waals surface area contributed by atoms with Crippen molar-refractivity contribution in [2.45, 2.75) is 52.6 Å². The molecule has 2 aliphatic heterocycles. The number of aryl methyl sites for hydroxylation is 3. The Morgan fingerprint density at radius 1 is 1.12 bits per heavy atom. The van der Waals surface area contributed by atoms with Gasteiger partial charge >= 0.3 is 0 Å². The number of carbonyl (C=O) groups excluding carboxylic acids is 1. The van der Waals surface area contributed by atoms with Crippen LogP contribution in [0.2, 0.25) is 0 Å². The second-order valence-corrected chi connectivity index (χ2v) is 8.18. The Morgan fingerprint density at radius 2 is 1.88 bits per heavy atom. The maximum atomic E-state index is 13.4. The molecule has 10 heteroatoms. The first kappa shape index (κ1) is 22.8. The van der Waals surface area contributed by atoms with Crippen molar-refractivity contribution >= 4 is 17.4 Å². The van der Waals surface area contributed by atoms with Gasteiger partial charge in [0.25, 0.3) is 0 Å². The van der Waals surface area contributed by atoms with Crippen molar-refractivity contribution in [3.63, 3.8) is 0 Å². The number of nitrogens with one attached hydrogen (secondary N) is 1. The normalized spacial score (nSPS) is 16.8. The van der Waals surface area contributed by atoms with Crippen molar-refractivity contribution in [1.82, 2.24) is 19.7 Å². The summed E-state index contributed by atoms with van der Waals surface area (Å²) in [7, 11) is 0.